The predicted molar refractivity (Wildman–Crippen MR) is 100 cm³/mol. The summed E-state index contributed by atoms with van der Waals surface area (Å²) in [6, 6.07) is 0. The van der Waals surface area contributed by atoms with Crippen molar-refractivity contribution in [2.45, 2.75) is 57.0 Å². The lowest BCUT2D eigenvalue weighted by Gasteiger charge is -2.14. The molecule has 0 saturated heterocycles. The molecular weight excluding hydrogens is 506 g/mol. The van der Waals surface area contributed by atoms with E-state index in [-0.39, 0.29) is 5.75 Å². The van der Waals surface area contributed by atoms with E-state index in [0.29, 0.717) is 18.9 Å². The summed E-state index contributed by atoms with van der Waals surface area (Å²) in [6.07, 6.45) is 5.34. The van der Waals surface area contributed by atoms with E-state index in [2.05, 4.69) is 19.2 Å². The molecule has 0 rings (SSSR count). The zero-order chi connectivity index (χ0) is 25.1. The number of halogens is 6. The zero-order valence-electron chi connectivity index (χ0n) is 16.6. The van der Waals surface area contributed by atoms with E-state index in [4.69, 9.17) is 4.55 Å². The molecule has 0 aromatic carbocycles. The van der Waals surface area contributed by atoms with Gasteiger partial charge in [0.05, 0.1) is 5.75 Å². The average Bonchev–Trinajstić information content (AvgIpc) is 2.54. The molecule has 0 amide bonds. The SMILES string of the molecule is CCCCC(CC)CNCCCS(=O)(=O)O.O=S(=O)(NS(=O)(=O)C(F)(F)F)C(F)(F)F. The molecule has 0 spiro atoms. The summed E-state index contributed by atoms with van der Waals surface area (Å²) in [4.78, 5) is 0. The predicted octanol–water partition coefficient (Wildman–Crippen LogP) is 2.35. The first-order chi connectivity index (χ1) is 13.7. The van der Waals surface area contributed by atoms with Crippen molar-refractivity contribution in [3.8, 4) is 0 Å². The van der Waals surface area contributed by atoms with Gasteiger partial charge in [-0.3, -0.25) is 4.55 Å². The molecule has 0 aromatic heterocycles. The molecule has 0 aliphatic rings. The Morgan fingerprint density at radius 1 is 0.839 bits per heavy atom. The Labute approximate surface area is 177 Å². The maximum absolute atomic E-state index is 11.5. The smallest absolute Gasteiger partial charge is 0.316 e. The summed E-state index contributed by atoms with van der Waals surface area (Å²) in [5.41, 5.74) is -12.3. The highest BCUT2D eigenvalue weighted by molar-refractivity contribution is 8.05. The highest BCUT2D eigenvalue weighted by Crippen LogP contribution is 2.27. The Balaban J connectivity index is 0. The van der Waals surface area contributed by atoms with E-state index in [1.165, 1.54) is 19.3 Å². The minimum atomic E-state index is -6.60. The van der Waals surface area contributed by atoms with Crippen LogP contribution in [0.15, 0.2) is 0 Å². The third-order valence-corrected chi connectivity index (χ3v) is 7.34. The molecule has 0 bridgehead atoms. The number of nitrogens with one attached hydrogen (secondary N) is 2. The second-order valence-corrected chi connectivity index (χ2v) is 11.4. The second-order valence-electron chi connectivity index (χ2n) is 6.24. The van der Waals surface area contributed by atoms with E-state index < -0.39 is 45.3 Å². The first kappa shape index (κ1) is 32.5. The standard InChI is InChI=1S/C11H25NO3S.C2HF6NO4S2/c1-3-5-7-11(4-2)10-12-8-6-9-16(13,14)15;3-1(4,5)14(10,11)9-15(12,13)2(6,7)8/h11-12H,3-10H2,1-2H3,(H,13,14,15);9H. The van der Waals surface area contributed by atoms with Gasteiger partial charge in [-0.2, -0.15) is 34.8 Å². The molecule has 1 unspecified atom stereocenters. The van der Waals surface area contributed by atoms with Gasteiger partial charge in [-0.15, -0.1) is 0 Å². The Morgan fingerprint density at radius 3 is 1.61 bits per heavy atom. The molecule has 0 heterocycles. The Hall–Kier alpha value is -0.690. The van der Waals surface area contributed by atoms with Crippen LogP contribution in [0.3, 0.4) is 0 Å². The molecule has 0 aliphatic carbocycles. The fourth-order valence-corrected chi connectivity index (χ4v) is 4.29. The Kier molecular flexibility index (Phi) is 13.8. The van der Waals surface area contributed by atoms with Crippen molar-refractivity contribution in [2.24, 2.45) is 5.92 Å². The summed E-state index contributed by atoms with van der Waals surface area (Å²) in [5, 5.41) is 3.24. The van der Waals surface area contributed by atoms with Gasteiger partial charge in [-0.25, -0.2) is 16.8 Å². The molecule has 0 radical (unpaired) electrons. The van der Waals surface area contributed by atoms with Crippen molar-refractivity contribution < 1.29 is 56.1 Å². The highest BCUT2D eigenvalue weighted by Gasteiger charge is 2.55. The lowest BCUT2D eigenvalue weighted by Crippen LogP contribution is -2.45. The quantitative estimate of drug-likeness (QED) is 0.197. The van der Waals surface area contributed by atoms with Crippen LogP contribution in [0, 0.1) is 5.92 Å². The molecule has 0 saturated carbocycles. The summed E-state index contributed by atoms with van der Waals surface area (Å²) < 4.78 is 138. The number of alkyl halides is 6. The van der Waals surface area contributed by atoms with E-state index in [9.17, 15) is 51.6 Å². The van der Waals surface area contributed by atoms with Crippen molar-refractivity contribution in [1.82, 2.24) is 9.44 Å². The zero-order valence-corrected chi connectivity index (χ0v) is 19.1. The second kappa shape index (κ2) is 13.1. The van der Waals surface area contributed by atoms with Gasteiger partial charge in [0.15, 0.2) is 0 Å². The van der Waals surface area contributed by atoms with Crippen LogP contribution in [0.1, 0.15) is 46.0 Å². The summed E-state index contributed by atoms with van der Waals surface area (Å²) >= 11 is 0. The van der Waals surface area contributed by atoms with Gasteiger partial charge in [0.2, 0.25) is 0 Å². The molecule has 190 valence electrons. The minimum Gasteiger partial charge on any atom is -0.316 e. The number of hydrogen-bond acceptors (Lipinski definition) is 7. The Morgan fingerprint density at radius 2 is 1.29 bits per heavy atom. The van der Waals surface area contributed by atoms with Gasteiger partial charge in [-0.05, 0) is 31.8 Å². The van der Waals surface area contributed by atoms with Crippen LogP contribution in [-0.4, -0.2) is 59.7 Å². The molecule has 1 atom stereocenters. The summed E-state index contributed by atoms with van der Waals surface area (Å²) in [5.74, 6) is 0.539. The van der Waals surface area contributed by atoms with Gasteiger partial charge >= 0.3 is 31.1 Å². The number of hydrogen-bond donors (Lipinski definition) is 3. The molecule has 18 heteroatoms. The van der Waals surface area contributed by atoms with Crippen LogP contribution < -0.4 is 9.44 Å². The normalized spacial score (nSPS) is 14.6. The number of rotatable bonds is 12. The molecule has 0 fully saturated rings. The third kappa shape index (κ3) is 14.9. The van der Waals surface area contributed by atoms with Crippen molar-refractivity contribution in [2.75, 3.05) is 18.8 Å². The average molecular weight is 533 g/mol. The lowest BCUT2D eigenvalue weighted by atomic mass is 9.99. The number of unbranched alkanes of at least 4 members (excludes halogenated alkanes) is 1. The van der Waals surface area contributed by atoms with E-state index in [1.807, 2.05) is 0 Å². The van der Waals surface area contributed by atoms with Crippen LogP contribution in [0.5, 0.6) is 0 Å². The van der Waals surface area contributed by atoms with Gasteiger partial charge in [0.1, 0.15) is 0 Å². The summed E-state index contributed by atoms with van der Waals surface area (Å²) in [6.45, 7) is 5.97. The van der Waals surface area contributed by atoms with Crippen LogP contribution in [0.2, 0.25) is 0 Å². The molecule has 0 aliphatic heterocycles. The molecule has 3 N–H and O–H groups in total. The van der Waals surface area contributed by atoms with Crippen LogP contribution in [0.25, 0.3) is 0 Å². The molecule has 9 nitrogen and oxygen atoms in total. The molecular formula is C13H26F6N2O7S3. The largest absolute Gasteiger partial charge is 0.512 e. The van der Waals surface area contributed by atoms with Gasteiger partial charge in [0.25, 0.3) is 10.1 Å². The van der Waals surface area contributed by atoms with Crippen molar-refractivity contribution in [1.29, 1.82) is 0 Å². The Bertz CT molecular complexity index is 783. The fourth-order valence-electron chi connectivity index (χ4n) is 1.87. The lowest BCUT2D eigenvalue weighted by molar-refractivity contribution is -0.0476. The first-order valence-electron chi connectivity index (χ1n) is 8.77. The van der Waals surface area contributed by atoms with Crippen molar-refractivity contribution >= 4 is 30.2 Å². The van der Waals surface area contributed by atoms with E-state index in [1.54, 1.807) is 0 Å². The van der Waals surface area contributed by atoms with Crippen molar-refractivity contribution in [3.63, 3.8) is 0 Å². The van der Waals surface area contributed by atoms with Crippen LogP contribution in [0.4, 0.5) is 26.3 Å². The summed E-state index contributed by atoms with van der Waals surface area (Å²) in [7, 11) is -17.0. The van der Waals surface area contributed by atoms with Gasteiger partial charge < -0.3 is 5.32 Å². The fraction of sp³-hybridized carbons (Fsp3) is 1.00. The monoisotopic (exact) mass is 532 g/mol. The molecule has 0 aromatic rings. The van der Waals surface area contributed by atoms with Crippen molar-refractivity contribution in [3.05, 3.63) is 0 Å². The van der Waals surface area contributed by atoms with E-state index in [0.717, 1.165) is 13.0 Å². The van der Waals surface area contributed by atoms with Gasteiger partial charge in [0, 0.05) is 0 Å². The van der Waals surface area contributed by atoms with Crippen LogP contribution in [-0.2, 0) is 30.2 Å². The van der Waals surface area contributed by atoms with Crippen LogP contribution >= 0.6 is 0 Å². The topological polar surface area (TPSA) is 147 Å². The minimum absolute atomic E-state index is 0.147. The maximum atomic E-state index is 11.5. The first-order valence-corrected chi connectivity index (χ1v) is 13.3. The number of sulfonamides is 2. The third-order valence-electron chi connectivity index (χ3n) is 3.56. The highest BCUT2D eigenvalue weighted by atomic mass is 32.3. The van der Waals surface area contributed by atoms with Gasteiger partial charge in [-0.1, -0.05) is 37.2 Å². The molecule has 31 heavy (non-hydrogen) atoms. The van der Waals surface area contributed by atoms with E-state index >= 15 is 0 Å². The maximum Gasteiger partial charge on any atom is 0.512 e.